The van der Waals surface area contributed by atoms with Gasteiger partial charge >= 0.3 is 0 Å². The molecule has 1 aliphatic heterocycles. The van der Waals surface area contributed by atoms with Crippen LogP contribution >= 0.6 is 23.2 Å². The summed E-state index contributed by atoms with van der Waals surface area (Å²) in [4.78, 5) is 13.1. The normalized spacial score (nSPS) is 16.4. The summed E-state index contributed by atoms with van der Waals surface area (Å²) in [6.07, 6.45) is 3.56. The van der Waals surface area contributed by atoms with Crippen molar-refractivity contribution in [2.75, 3.05) is 11.6 Å². The van der Waals surface area contributed by atoms with E-state index >= 15 is 0 Å². The number of benzene rings is 2. The average Bonchev–Trinajstić information content (AvgIpc) is 2.71. The van der Waals surface area contributed by atoms with Gasteiger partial charge in [0.1, 0.15) is 11.8 Å². The van der Waals surface area contributed by atoms with Crippen LogP contribution < -0.4 is 10.7 Å². The number of para-hydroxylation sites is 1. The quantitative estimate of drug-likeness (QED) is 0.493. The van der Waals surface area contributed by atoms with Gasteiger partial charge in [0.15, 0.2) is 5.78 Å². The summed E-state index contributed by atoms with van der Waals surface area (Å²) >= 11 is 12.3. The summed E-state index contributed by atoms with van der Waals surface area (Å²) in [6.45, 7) is 2.59. The third-order valence-electron chi connectivity index (χ3n) is 4.30. The maximum Gasteiger partial charge on any atom is 0.212 e. The summed E-state index contributed by atoms with van der Waals surface area (Å²) in [5.74, 6) is -0.441. The van der Waals surface area contributed by atoms with Crippen LogP contribution in [0.2, 0.25) is 10.0 Å². The highest BCUT2D eigenvalue weighted by Crippen LogP contribution is 2.31. The second kappa shape index (κ2) is 9.13. The zero-order valence-electron chi connectivity index (χ0n) is 15.4. The van der Waals surface area contributed by atoms with Crippen molar-refractivity contribution in [2.45, 2.75) is 19.8 Å². The topological polar surface area (TPSA) is 67.9 Å². The molecule has 0 saturated heterocycles. The Hall–Kier alpha value is -2.50. The molecule has 0 saturated carbocycles. The molecular weight excluding hydrogens is 397 g/mol. The highest BCUT2D eigenvalue weighted by atomic mass is 35.5. The predicted octanol–water partition coefficient (Wildman–Crippen LogP) is 5.24. The van der Waals surface area contributed by atoms with Crippen molar-refractivity contribution in [3.8, 4) is 0 Å². The molecule has 1 heterocycles. The Labute approximate surface area is 174 Å². The number of nitrogens with two attached hydrogens (primary N) is 1. The number of amidine groups is 1. The van der Waals surface area contributed by atoms with Crippen molar-refractivity contribution in [3.63, 3.8) is 0 Å². The highest BCUT2D eigenvalue weighted by molar-refractivity contribution is 6.44. The lowest BCUT2D eigenvalue weighted by Gasteiger charge is -2.28. The Kier molecular flexibility index (Phi) is 6.60. The number of unbranched alkanes of at least 4 members (excludes halogenated alkanes) is 1. The molecule has 3 rings (SSSR count). The maximum atomic E-state index is 13.1. The number of ketones is 1. The van der Waals surface area contributed by atoms with Gasteiger partial charge in [-0.3, -0.25) is 4.79 Å². The number of hydrogen-bond donors (Lipinski definition) is 1. The minimum atomic E-state index is -0.785. The molecular formula is C21H21Cl2N3O2. The van der Waals surface area contributed by atoms with Crippen molar-refractivity contribution in [3.05, 3.63) is 76.1 Å². The van der Waals surface area contributed by atoms with Gasteiger partial charge in [0.2, 0.25) is 5.88 Å². The number of hydrazone groups is 1. The molecule has 0 bridgehead atoms. The lowest BCUT2D eigenvalue weighted by molar-refractivity contribution is 0.0966. The Morgan fingerprint density at radius 2 is 1.93 bits per heavy atom. The zero-order valence-corrected chi connectivity index (χ0v) is 17.0. The highest BCUT2D eigenvalue weighted by Gasteiger charge is 2.31. The summed E-state index contributed by atoms with van der Waals surface area (Å²) in [6, 6.07) is 14.4. The number of carbonyl (C=O) groups is 1. The molecule has 146 valence electrons. The van der Waals surface area contributed by atoms with Crippen molar-refractivity contribution in [1.29, 1.82) is 0 Å². The molecule has 0 fully saturated rings. The summed E-state index contributed by atoms with van der Waals surface area (Å²) in [7, 11) is 0. The number of nitrogens with zero attached hydrogens (tertiary/aromatic N) is 2. The van der Waals surface area contributed by atoms with Crippen LogP contribution in [-0.4, -0.2) is 18.2 Å². The smallest absolute Gasteiger partial charge is 0.212 e. The zero-order chi connectivity index (χ0) is 20.1. The second-order valence-electron chi connectivity index (χ2n) is 6.32. The number of Topliss-reactive ketones (excluding diaryl/α,β-unsaturated/α-hetero) is 1. The van der Waals surface area contributed by atoms with E-state index in [9.17, 15) is 4.79 Å². The molecule has 0 aliphatic carbocycles. The molecule has 1 unspecified atom stereocenters. The molecule has 7 heteroatoms. The number of halogens is 2. The molecule has 28 heavy (non-hydrogen) atoms. The van der Waals surface area contributed by atoms with Crippen molar-refractivity contribution in [1.82, 2.24) is 0 Å². The summed E-state index contributed by atoms with van der Waals surface area (Å²) in [5, 5.41) is 6.55. The molecule has 0 radical (unpaired) electrons. The molecule has 2 N–H and O–H groups in total. The molecule has 0 spiro atoms. The van der Waals surface area contributed by atoms with Gasteiger partial charge in [-0.1, -0.05) is 60.8 Å². The number of carbonyl (C=O) groups excluding carboxylic acids is 1. The fraction of sp³-hybridized carbons (Fsp3) is 0.238. The van der Waals surface area contributed by atoms with Crippen LogP contribution in [0.25, 0.3) is 0 Å². The van der Waals surface area contributed by atoms with Crippen LogP contribution in [0.3, 0.4) is 0 Å². The fourth-order valence-electron chi connectivity index (χ4n) is 2.78. The van der Waals surface area contributed by atoms with E-state index in [-0.39, 0.29) is 16.6 Å². The van der Waals surface area contributed by atoms with E-state index in [1.54, 1.807) is 29.3 Å². The van der Waals surface area contributed by atoms with Gasteiger partial charge in [-0.25, -0.2) is 0 Å². The monoisotopic (exact) mass is 417 g/mol. The van der Waals surface area contributed by atoms with Crippen LogP contribution in [0.5, 0.6) is 0 Å². The predicted molar refractivity (Wildman–Crippen MR) is 114 cm³/mol. The van der Waals surface area contributed by atoms with Crippen LogP contribution in [0.15, 0.2) is 65.6 Å². The van der Waals surface area contributed by atoms with Gasteiger partial charge in [0, 0.05) is 5.56 Å². The van der Waals surface area contributed by atoms with E-state index in [2.05, 4.69) is 12.0 Å². The Bertz CT molecular complexity index is 913. The minimum absolute atomic E-state index is 0.160. The number of anilines is 1. The van der Waals surface area contributed by atoms with Gasteiger partial charge in [0.25, 0.3) is 0 Å². The molecule has 0 aromatic heterocycles. The van der Waals surface area contributed by atoms with Gasteiger partial charge in [0.05, 0.1) is 22.3 Å². The minimum Gasteiger partial charge on any atom is -0.478 e. The Morgan fingerprint density at radius 1 is 1.18 bits per heavy atom. The first-order valence-corrected chi connectivity index (χ1v) is 9.80. The number of ether oxygens (including phenoxy) is 1. The van der Waals surface area contributed by atoms with Crippen LogP contribution in [0.1, 0.15) is 30.1 Å². The van der Waals surface area contributed by atoms with Crippen LogP contribution in [-0.2, 0) is 4.74 Å². The average molecular weight is 418 g/mol. The van der Waals surface area contributed by atoms with E-state index in [0.717, 1.165) is 18.5 Å². The van der Waals surface area contributed by atoms with E-state index in [1.165, 1.54) is 0 Å². The van der Waals surface area contributed by atoms with Crippen molar-refractivity contribution >= 4 is 40.5 Å². The summed E-state index contributed by atoms with van der Waals surface area (Å²) < 4.78 is 5.92. The standard InChI is InChI=1S/C21H21Cl2N3O2/c1-2-3-12-28-18-13-16(20(27)15-10-7-11-17(22)19(15)23)21(24)25-26(18)14-8-5-4-6-9-14/h4-11,13,16H,2-3,12H2,1H3,(H2,24,25). The molecule has 2 aromatic rings. The van der Waals surface area contributed by atoms with Crippen LogP contribution in [0, 0.1) is 5.92 Å². The Morgan fingerprint density at radius 3 is 2.64 bits per heavy atom. The maximum absolute atomic E-state index is 13.1. The lowest BCUT2D eigenvalue weighted by Crippen LogP contribution is -2.38. The number of rotatable bonds is 7. The first kappa shape index (κ1) is 20.2. The lowest BCUT2D eigenvalue weighted by atomic mass is 9.95. The summed E-state index contributed by atoms with van der Waals surface area (Å²) in [5.41, 5.74) is 7.25. The molecule has 1 atom stereocenters. The van der Waals surface area contributed by atoms with E-state index in [1.807, 2.05) is 30.3 Å². The van der Waals surface area contributed by atoms with Gasteiger partial charge < -0.3 is 10.5 Å². The third-order valence-corrected chi connectivity index (χ3v) is 5.12. The largest absolute Gasteiger partial charge is 0.478 e. The Balaban J connectivity index is 1.96. The van der Waals surface area contributed by atoms with Gasteiger partial charge in [-0.2, -0.15) is 10.1 Å². The SMILES string of the molecule is CCCCOC1=CC(C(=O)c2cccc(Cl)c2Cl)C(N)=NN1c1ccccc1. The van der Waals surface area contributed by atoms with Crippen LogP contribution in [0.4, 0.5) is 5.69 Å². The van der Waals surface area contributed by atoms with E-state index < -0.39 is 5.92 Å². The van der Waals surface area contributed by atoms with Gasteiger partial charge in [-0.05, 0) is 36.8 Å². The van der Waals surface area contributed by atoms with Gasteiger partial charge in [-0.15, -0.1) is 0 Å². The van der Waals surface area contributed by atoms with E-state index in [0.29, 0.717) is 23.1 Å². The first-order chi connectivity index (χ1) is 13.5. The first-order valence-electron chi connectivity index (χ1n) is 9.05. The number of hydrogen-bond acceptors (Lipinski definition) is 5. The molecule has 5 nitrogen and oxygen atoms in total. The van der Waals surface area contributed by atoms with Crippen molar-refractivity contribution in [2.24, 2.45) is 16.8 Å². The second-order valence-corrected chi connectivity index (χ2v) is 7.11. The third kappa shape index (κ3) is 4.32. The van der Waals surface area contributed by atoms with E-state index in [4.69, 9.17) is 33.7 Å². The molecule has 0 amide bonds. The fourth-order valence-corrected chi connectivity index (χ4v) is 3.18. The molecule has 2 aromatic carbocycles. The van der Waals surface area contributed by atoms with Crippen molar-refractivity contribution < 1.29 is 9.53 Å². The molecule has 1 aliphatic rings.